The summed E-state index contributed by atoms with van der Waals surface area (Å²) in [6, 6.07) is 3.83. The minimum absolute atomic E-state index is 0.257. The van der Waals surface area contributed by atoms with Crippen LogP contribution in [0.5, 0.6) is 0 Å². The molecule has 0 unspecified atom stereocenters. The van der Waals surface area contributed by atoms with Gasteiger partial charge in [-0.1, -0.05) is 0 Å². The van der Waals surface area contributed by atoms with Crippen molar-refractivity contribution in [3.05, 3.63) is 23.8 Å². The Morgan fingerprint density at radius 2 is 1.94 bits per heavy atom. The Morgan fingerprint density at radius 3 is 2.44 bits per heavy atom. The van der Waals surface area contributed by atoms with Gasteiger partial charge in [0.25, 0.3) is 5.91 Å². The molecule has 0 heterocycles. The van der Waals surface area contributed by atoms with E-state index < -0.39 is 11.9 Å². The molecule has 0 saturated heterocycles. The molecule has 0 aliphatic heterocycles. The smallest absolute Gasteiger partial charge is 0.253 e. The number of nitrogen functional groups attached to an aromatic ring is 2. The fraction of sp³-hybridized carbons (Fsp3) is 0.300. The molecule has 7 N–H and O–H groups in total. The Balaban J connectivity index is 2.80. The number of aliphatic hydroxyl groups is 2. The number of carbonyl (C=O) groups excluding carboxylic acids is 1. The summed E-state index contributed by atoms with van der Waals surface area (Å²) in [6.07, 6.45) is 0. The van der Waals surface area contributed by atoms with Crippen molar-refractivity contribution in [2.45, 2.75) is 6.04 Å². The second-order valence-electron chi connectivity index (χ2n) is 3.38. The van der Waals surface area contributed by atoms with Gasteiger partial charge in [-0.2, -0.15) is 0 Å². The van der Waals surface area contributed by atoms with Crippen LogP contribution in [0.1, 0.15) is 10.4 Å². The molecule has 0 aliphatic rings. The number of anilines is 2. The summed E-state index contributed by atoms with van der Waals surface area (Å²) in [4.78, 5) is 11.7. The highest BCUT2D eigenvalue weighted by Gasteiger charge is 2.14. The average molecular weight is 225 g/mol. The lowest BCUT2D eigenvalue weighted by Crippen LogP contribution is -2.40. The number of aliphatic hydroxyl groups excluding tert-OH is 2. The SMILES string of the molecule is Nc1ccc(C(=O)NC(CO)CO)c(N)c1. The van der Waals surface area contributed by atoms with Gasteiger partial charge in [-0.3, -0.25) is 4.79 Å². The standard InChI is InChI=1S/C10H15N3O3/c11-6-1-2-8(9(12)3-6)10(16)13-7(4-14)5-15/h1-3,7,14-15H,4-5,11-12H2,(H,13,16). The van der Waals surface area contributed by atoms with Crippen LogP contribution in [0.25, 0.3) is 0 Å². The first kappa shape index (κ1) is 12.3. The van der Waals surface area contributed by atoms with Crippen molar-refractivity contribution < 1.29 is 15.0 Å². The molecule has 0 radical (unpaired) electrons. The zero-order valence-corrected chi connectivity index (χ0v) is 8.68. The maximum atomic E-state index is 11.7. The van der Waals surface area contributed by atoms with Gasteiger partial charge in [-0.05, 0) is 18.2 Å². The van der Waals surface area contributed by atoms with Gasteiger partial charge in [0.1, 0.15) is 0 Å². The summed E-state index contributed by atoms with van der Waals surface area (Å²) < 4.78 is 0. The molecule has 0 aromatic heterocycles. The minimum atomic E-state index is -0.690. The summed E-state index contributed by atoms with van der Waals surface area (Å²) in [7, 11) is 0. The van der Waals surface area contributed by atoms with E-state index in [0.29, 0.717) is 5.69 Å². The third-order valence-electron chi connectivity index (χ3n) is 2.10. The first-order chi connectivity index (χ1) is 7.58. The molecule has 0 atom stereocenters. The molecule has 6 heteroatoms. The maximum absolute atomic E-state index is 11.7. The van der Waals surface area contributed by atoms with E-state index in [0.717, 1.165) is 0 Å². The molecule has 0 spiro atoms. The van der Waals surface area contributed by atoms with E-state index in [1.807, 2.05) is 0 Å². The highest BCUT2D eigenvalue weighted by atomic mass is 16.3. The molecule has 0 saturated carbocycles. The number of nitrogens with one attached hydrogen (secondary N) is 1. The number of nitrogens with two attached hydrogens (primary N) is 2. The van der Waals surface area contributed by atoms with Crippen molar-refractivity contribution in [2.75, 3.05) is 24.7 Å². The molecule has 0 aliphatic carbocycles. The van der Waals surface area contributed by atoms with Crippen LogP contribution in [0, 0.1) is 0 Å². The van der Waals surface area contributed by atoms with E-state index >= 15 is 0 Å². The first-order valence-corrected chi connectivity index (χ1v) is 4.76. The molecule has 16 heavy (non-hydrogen) atoms. The van der Waals surface area contributed by atoms with E-state index in [1.165, 1.54) is 12.1 Å². The Bertz CT molecular complexity index is 378. The number of benzene rings is 1. The largest absolute Gasteiger partial charge is 0.399 e. The Labute approximate surface area is 92.9 Å². The predicted octanol–water partition coefficient (Wildman–Crippen LogP) is -1.07. The second-order valence-corrected chi connectivity index (χ2v) is 3.38. The van der Waals surface area contributed by atoms with Gasteiger partial charge in [-0.15, -0.1) is 0 Å². The van der Waals surface area contributed by atoms with Crippen LogP contribution in [-0.4, -0.2) is 35.4 Å². The van der Waals surface area contributed by atoms with Crippen LogP contribution >= 0.6 is 0 Å². The monoisotopic (exact) mass is 225 g/mol. The molecule has 1 aromatic rings. The number of hydrogen-bond acceptors (Lipinski definition) is 5. The third-order valence-corrected chi connectivity index (χ3v) is 2.10. The van der Waals surface area contributed by atoms with E-state index in [-0.39, 0.29) is 24.5 Å². The van der Waals surface area contributed by atoms with Crippen molar-refractivity contribution in [3.8, 4) is 0 Å². The summed E-state index contributed by atoms with van der Waals surface area (Å²) in [6.45, 7) is -0.672. The van der Waals surface area contributed by atoms with Gasteiger partial charge in [0.15, 0.2) is 0 Å². The van der Waals surface area contributed by atoms with Crippen molar-refractivity contribution in [2.24, 2.45) is 0 Å². The lowest BCUT2D eigenvalue weighted by molar-refractivity contribution is 0.0880. The van der Waals surface area contributed by atoms with Crippen LogP contribution < -0.4 is 16.8 Å². The molecular formula is C10H15N3O3. The fourth-order valence-corrected chi connectivity index (χ4v) is 1.20. The van der Waals surface area contributed by atoms with Crippen LogP contribution in [0.2, 0.25) is 0 Å². The molecular weight excluding hydrogens is 210 g/mol. The summed E-state index contributed by atoms with van der Waals surface area (Å²) in [5.74, 6) is -0.453. The summed E-state index contributed by atoms with van der Waals surface area (Å²) in [5, 5.41) is 20.1. The minimum Gasteiger partial charge on any atom is -0.399 e. The molecule has 1 rings (SSSR count). The van der Waals surface area contributed by atoms with Gasteiger partial charge in [0.2, 0.25) is 0 Å². The molecule has 88 valence electrons. The molecule has 0 bridgehead atoms. The predicted molar refractivity (Wildman–Crippen MR) is 60.7 cm³/mol. The Morgan fingerprint density at radius 1 is 1.31 bits per heavy atom. The van der Waals surface area contributed by atoms with Gasteiger partial charge < -0.3 is 27.0 Å². The van der Waals surface area contributed by atoms with Gasteiger partial charge in [0.05, 0.1) is 24.8 Å². The average Bonchev–Trinajstić information content (AvgIpc) is 2.25. The van der Waals surface area contributed by atoms with Crippen molar-refractivity contribution >= 4 is 17.3 Å². The van der Waals surface area contributed by atoms with Crippen LogP contribution in [0.4, 0.5) is 11.4 Å². The summed E-state index contributed by atoms with van der Waals surface area (Å²) in [5.41, 5.74) is 12.1. The zero-order chi connectivity index (χ0) is 12.1. The van der Waals surface area contributed by atoms with Crippen molar-refractivity contribution in [3.63, 3.8) is 0 Å². The second kappa shape index (κ2) is 5.34. The van der Waals surface area contributed by atoms with E-state index in [2.05, 4.69) is 5.32 Å². The highest BCUT2D eigenvalue weighted by Crippen LogP contribution is 2.15. The lowest BCUT2D eigenvalue weighted by atomic mass is 10.1. The third kappa shape index (κ3) is 2.85. The van der Waals surface area contributed by atoms with E-state index in [9.17, 15) is 4.79 Å². The quantitative estimate of drug-likeness (QED) is 0.418. The number of rotatable bonds is 4. The Kier molecular flexibility index (Phi) is 4.10. The Hall–Kier alpha value is -1.79. The van der Waals surface area contributed by atoms with Gasteiger partial charge >= 0.3 is 0 Å². The number of amides is 1. The van der Waals surface area contributed by atoms with Crippen molar-refractivity contribution in [1.82, 2.24) is 5.32 Å². The summed E-state index contributed by atoms with van der Waals surface area (Å²) >= 11 is 0. The van der Waals surface area contributed by atoms with E-state index in [1.54, 1.807) is 6.07 Å². The lowest BCUT2D eigenvalue weighted by Gasteiger charge is -2.14. The highest BCUT2D eigenvalue weighted by molar-refractivity contribution is 5.99. The van der Waals surface area contributed by atoms with Crippen molar-refractivity contribution in [1.29, 1.82) is 0 Å². The number of hydrogen-bond donors (Lipinski definition) is 5. The van der Waals surface area contributed by atoms with Crippen LogP contribution in [0.15, 0.2) is 18.2 Å². The van der Waals surface area contributed by atoms with Crippen LogP contribution in [0.3, 0.4) is 0 Å². The molecule has 0 fully saturated rings. The fourth-order valence-electron chi connectivity index (χ4n) is 1.20. The normalized spacial score (nSPS) is 10.4. The maximum Gasteiger partial charge on any atom is 0.253 e. The molecule has 1 amide bonds. The molecule has 6 nitrogen and oxygen atoms in total. The zero-order valence-electron chi connectivity index (χ0n) is 8.68. The first-order valence-electron chi connectivity index (χ1n) is 4.76. The van der Waals surface area contributed by atoms with Crippen LogP contribution in [-0.2, 0) is 0 Å². The molecule has 1 aromatic carbocycles. The topological polar surface area (TPSA) is 122 Å². The van der Waals surface area contributed by atoms with Gasteiger partial charge in [0, 0.05) is 11.4 Å². The number of carbonyl (C=O) groups is 1. The van der Waals surface area contributed by atoms with E-state index in [4.69, 9.17) is 21.7 Å². The van der Waals surface area contributed by atoms with Gasteiger partial charge in [-0.25, -0.2) is 0 Å².